The van der Waals surface area contributed by atoms with Crippen molar-refractivity contribution in [2.75, 3.05) is 19.0 Å². The van der Waals surface area contributed by atoms with Crippen LogP contribution in [0.25, 0.3) is 5.57 Å². The zero-order valence-corrected chi connectivity index (χ0v) is 17.4. The molecule has 1 aliphatic carbocycles. The van der Waals surface area contributed by atoms with E-state index in [2.05, 4.69) is 78.0 Å². The smallest absolute Gasteiger partial charge is 0.121 e. The highest BCUT2D eigenvalue weighted by Gasteiger charge is 2.27. The van der Waals surface area contributed by atoms with E-state index in [4.69, 9.17) is 4.74 Å². The molecule has 0 saturated heterocycles. The van der Waals surface area contributed by atoms with Crippen molar-refractivity contribution < 1.29 is 4.74 Å². The van der Waals surface area contributed by atoms with E-state index in [0.717, 1.165) is 35.9 Å². The molecule has 4 nitrogen and oxygen atoms in total. The maximum Gasteiger partial charge on any atom is 0.121 e. The van der Waals surface area contributed by atoms with Crippen molar-refractivity contribution in [2.24, 2.45) is 5.92 Å². The Bertz CT molecular complexity index is 918. The summed E-state index contributed by atoms with van der Waals surface area (Å²) in [5, 5.41) is 10.9. The van der Waals surface area contributed by atoms with Crippen molar-refractivity contribution in [3.8, 4) is 5.75 Å². The molecule has 0 bridgehead atoms. The van der Waals surface area contributed by atoms with Gasteiger partial charge in [0.1, 0.15) is 11.6 Å². The van der Waals surface area contributed by atoms with Gasteiger partial charge in [-0.05, 0) is 60.6 Å². The average molecular weight is 390 g/mol. The van der Waals surface area contributed by atoms with Crippen LogP contribution in [0.2, 0.25) is 0 Å². The van der Waals surface area contributed by atoms with Gasteiger partial charge in [-0.1, -0.05) is 43.3 Å². The molecule has 3 N–H and O–H groups in total. The third kappa shape index (κ3) is 4.48. The van der Waals surface area contributed by atoms with Crippen molar-refractivity contribution in [3.05, 3.63) is 77.6 Å². The lowest BCUT2D eigenvalue weighted by molar-refractivity contribution is 0.389. The van der Waals surface area contributed by atoms with Crippen LogP contribution in [-0.4, -0.2) is 19.7 Å². The summed E-state index contributed by atoms with van der Waals surface area (Å²) in [6, 6.07) is 15.3. The molecule has 1 aliphatic heterocycles. The summed E-state index contributed by atoms with van der Waals surface area (Å²) >= 11 is 0. The van der Waals surface area contributed by atoms with Gasteiger partial charge in [0.2, 0.25) is 0 Å². The highest BCUT2D eigenvalue weighted by atomic mass is 16.5. The molecule has 2 aromatic carbocycles. The van der Waals surface area contributed by atoms with Gasteiger partial charge in [-0.25, -0.2) is 0 Å². The summed E-state index contributed by atoms with van der Waals surface area (Å²) in [4.78, 5) is 0. The number of methoxy groups -OCH3 is 1. The average Bonchev–Trinajstić information content (AvgIpc) is 3.18. The Kier molecular flexibility index (Phi) is 5.91. The summed E-state index contributed by atoms with van der Waals surface area (Å²) in [6.45, 7) is 8.17. The van der Waals surface area contributed by atoms with E-state index in [9.17, 15) is 0 Å². The summed E-state index contributed by atoms with van der Waals surface area (Å²) in [6.07, 6.45) is 5.90. The van der Waals surface area contributed by atoms with Crippen LogP contribution in [0, 0.1) is 12.8 Å². The second-order valence-electron chi connectivity index (χ2n) is 8.12. The van der Waals surface area contributed by atoms with E-state index >= 15 is 0 Å². The molecule has 0 radical (unpaired) electrons. The van der Waals surface area contributed by atoms with Crippen LogP contribution in [0.1, 0.15) is 36.0 Å². The normalized spacial score (nSPS) is 20.6. The zero-order chi connectivity index (χ0) is 20.2. The number of anilines is 1. The first-order chi connectivity index (χ1) is 14.1. The zero-order valence-electron chi connectivity index (χ0n) is 17.4. The van der Waals surface area contributed by atoms with Crippen LogP contribution in [0.5, 0.6) is 5.75 Å². The lowest BCUT2D eigenvalue weighted by Crippen LogP contribution is -2.38. The molecule has 2 unspecified atom stereocenters. The quantitative estimate of drug-likeness (QED) is 0.635. The minimum atomic E-state index is 0.546. The number of para-hydroxylation sites is 1. The van der Waals surface area contributed by atoms with Crippen LogP contribution in [0.3, 0.4) is 0 Å². The molecule has 152 valence electrons. The number of fused-ring (bicyclic) bond motifs is 1. The molecule has 2 aromatic rings. The minimum Gasteiger partial charge on any atom is -0.496 e. The van der Waals surface area contributed by atoms with Crippen molar-refractivity contribution in [3.63, 3.8) is 0 Å². The number of hydrogen-bond acceptors (Lipinski definition) is 4. The van der Waals surface area contributed by atoms with Crippen LogP contribution < -0.4 is 20.7 Å². The van der Waals surface area contributed by atoms with E-state index in [1.165, 1.54) is 36.0 Å². The predicted octanol–water partition coefficient (Wildman–Crippen LogP) is 4.83. The summed E-state index contributed by atoms with van der Waals surface area (Å²) in [5.41, 5.74) is 5.85. The molecule has 1 heterocycles. The van der Waals surface area contributed by atoms with Gasteiger partial charge in [0.05, 0.1) is 7.11 Å². The number of ether oxygens (including phenoxy) is 1. The van der Waals surface area contributed by atoms with E-state index in [1.807, 2.05) is 0 Å². The number of hydrogen-bond donors (Lipinski definition) is 3. The molecule has 4 rings (SSSR count). The number of nitrogens with one attached hydrogen (secondary N) is 3. The number of aryl methyl sites for hydroxylation is 1. The topological polar surface area (TPSA) is 45.3 Å². The lowest BCUT2D eigenvalue weighted by atomic mass is 10.0. The monoisotopic (exact) mass is 389 g/mol. The van der Waals surface area contributed by atoms with Crippen LogP contribution in [0.15, 0.2) is 60.9 Å². The highest BCUT2D eigenvalue weighted by molar-refractivity contribution is 5.85. The SMILES string of the molecule is C=C1C=C(NCC2CCCC2NCc2ccc(OC)c(C)c2)Nc2ccccc21. The Hall–Kier alpha value is -2.72. The summed E-state index contributed by atoms with van der Waals surface area (Å²) in [7, 11) is 1.72. The van der Waals surface area contributed by atoms with Crippen LogP contribution in [-0.2, 0) is 6.54 Å². The Morgan fingerprint density at radius 1 is 1.17 bits per heavy atom. The minimum absolute atomic E-state index is 0.546. The van der Waals surface area contributed by atoms with Crippen molar-refractivity contribution in [2.45, 2.75) is 38.8 Å². The highest BCUT2D eigenvalue weighted by Crippen LogP contribution is 2.30. The van der Waals surface area contributed by atoms with Crippen LogP contribution in [0.4, 0.5) is 5.69 Å². The lowest BCUT2D eigenvalue weighted by Gasteiger charge is -2.26. The molecule has 29 heavy (non-hydrogen) atoms. The van der Waals surface area contributed by atoms with Gasteiger partial charge in [0, 0.05) is 30.4 Å². The molecule has 4 heteroatoms. The van der Waals surface area contributed by atoms with Crippen molar-refractivity contribution in [1.82, 2.24) is 10.6 Å². The third-order valence-corrected chi connectivity index (χ3v) is 6.10. The third-order valence-electron chi connectivity index (χ3n) is 6.10. The Morgan fingerprint density at radius 3 is 2.86 bits per heavy atom. The molecule has 2 aliphatic rings. The molecular weight excluding hydrogens is 358 g/mol. The van der Waals surface area contributed by atoms with Gasteiger partial charge in [0.15, 0.2) is 0 Å². The molecule has 0 spiro atoms. The van der Waals surface area contributed by atoms with E-state index in [0.29, 0.717) is 12.0 Å². The molecule has 1 fully saturated rings. The van der Waals surface area contributed by atoms with Gasteiger partial charge in [0.25, 0.3) is 0 Å². The fourth-order valence-corrected chi connectivity index (χ4v) is 4.49. The first-order valence-electron chi connectivity index (χ1n) is 10.5. The van der Waals surface area contributed by atoms with E-state index in [-0.39, 0.29) is 0 Å². The number of benzene rings is 2. The van der Waals surface area contributed by atoms with Crippen LogP contribution >= 0.6 is 0 Å². The Labute approximate surface area is 174 Å². The predicted molar refractivity (Wildman–Crippen MR) is 121 cm³/mol. The van der Waals surface area contributed by atoms with Gasteiger partial charge >= 0.3 is 0 Å². The van der Waals surface area contributed by atoms with Crippen molar-refractivity contribution >= 4 is 11.3 Å². The van der Waals surface area contributed by atoms with Gasteiger partial charge in [-0.2, -0.15) is 0 Å². The largest absolute Gasteiger partial charge is 0.496 e. The van der Waals surface area contributed by atoms with Gasteiger partial charge in [-0.15, -0.1) is 0 Å². The first kappa shape index (κ1) is 19.6. The molecule has 1 saturated carbocycles. The number of rotatable bonds is 7. The standard InChI is InChI=1S/C25H31N3O/c1-17-14-25(28-23-9-5-4-8-21(17)23)27-16-20-7-6-10-22(20)26-15-19-11-12-24(29-3)18(2)13-19/h4-5,8-9,11-14,20,22,26-28H,1,6-7,10,15-16H2,2-3H3. The van der Waals surface area contributed by atoms with E-state index < -0.39 is 0 Å². The number of allylic oxidation sites excluding steroid dienone is 2. The fourth-order valence-electron chi connectivity index (χ4n) is 4.49. The van der Waals surface area contributed by atoms with Crippen molar-refractivity contribution in [1.29, 1.82) is 0 Å². The second kappa shape index (κ2) is 8.75. The molecule has 0 aromatic heterocycles. The van der Waals surface area contributed by atoms with Gasteiger partial charge < -0.3 is 20.7 Å². The first-order valence-corrected chi connectivity index (χ1v) is 10.5. The summed E-state index contributed by atoms with van der Waals surface area (Å²) < 4.78 is 5.37. The molecular formula is C25H31N3O. The van der Waals surface area contributed by atoms with E-state index in [1.54, 1.807) is 7.11 Å². The molecule has 0 amide bonds. The van der Waals surface area contributed by atoms with Gasteiger partial charge in [-0.3, -0.25) is 0 Å². The summed E-state index contributed by atoms with van der Waals surface area (Å²) in [5.74, 6) is 2.63. The second-order valence-corrected chi connectivity index (χ2v) is 8.12. The Morgan fingerprint density at radius 2 is 2.03 bits per heavy atom. The molecule has 2 atom stereocenters. The maximum atomic E-state index is 5.37. The Balaban J connectivity index is 1.31. The maximum absolute atomic E-state index is 5.37. The fraction of sp³-hybridized carbons (Fsp3) is 0.360.